The zero-order chi connectivity index (χ0) is 18.1. The van der Waals surface area contributed by atoms with Gasteiger partial charge in [-0.05, 0) is 66.3 Å². The molecule has 4 rings (SSSR count). The number of fused-ring (bicyclic) bond motifs is 3. The number of hydrogen-bond acceptors (Lipinski definition) is 2. The van der Waals surface area contributed by atoms with Gasteiger partial charge in [0.1, 0.15) is 5.75 Å². The molecule has 26 heavy (non-hydrogen) atoms. The minimum atomic E-state index is -0.152. The summed E-state index contributed by atoms with van der Waals surface area (Å²) in [7, 11) is 0. The highest BCUT2D eigenvalue weighted by molar-refractivity contribution is 5.92. The zero-order valence-corrected chi connectivity index (χ0v) is 15.0. The summed E-state index contributed by atoms with van der Waals surface area (Å²) in [5.74, 6) is 0.593. The quantitative estimate of drug-likeness (QED) is 0.573. The van der Waals surface area contributed by atoms with Gasteiger partial charge in [-0.2, -0.15) is 0 Å². The average molecular weight is 343 g/mol. The second-order valence-electron chi connectivity index (χ2n) is 6.81. The molecule has 0 fully saturated rings. The van der Waals surface area contributed by atoms with Crippen molar-refractivity contribution >= 4 is 11.6 Å². The first kappa shape index (κ1) is 16.4. The van der Waals surface area contributed by atoms with E-state index in [-0.39, 0.29) is 12.5 Å². The van der Waals surface area contributed by atoms with Crippen LogP contribution >= 0.6 is 0 Å². The van der Waals surface area contributed by atoms with E-state index in [1.54, 1.807) is 0 Å². The molecule has 3 aromatic carbocycles. The minimum Gasteiger partial charge on any atom is -0.483 e. The Kier molecular flexibility index (Phi) is 4.21. The molecule has 0 saturated carbocycles. The van der Waals surface area contributed by atoms with Gasteiger partial charge in [-0.25, -0.2) is 0 Å². The lowest BCUT2D eigenvalue weighted by molar-refractivity contribution is -0.118. The van der Waals surface area contributed by atoms with Gasteiger partial charge >= 0.3 is 0 Å². The van der Waals surface area contributed by atoms with E-state index in [0.29, 0.717) is 0 Å². The van der Waals surface area contributed by atoms with Gasteiger partial charge in [0, 0.05) is 5.69 Å². The summed E-state index contributed by atoms with van der Waals surface area (Å²) in [6.07, 6.45) is 0.911. The van der Waals surface area contributed by atoms with E-state index in [2.05, 4.69) is 41.7 Å². The van der Waals surface area contributed by atoms with Crippen LogP contribution in [-0.4, -0.2) is 12.5 Å². The number of rotatable bonds is 4. The first-order valence-corrected chi connectivity index (χ1v) is 8.81. The molecule has 0 aliphatic heterocycles. The molecule has 0 unspecified atom stereocenters. The maximum Gasteiger partial charge on any atom is 0.262 e. The highest BCUT2D eigenvalue weighted by atomic mass is 16.5. The normalized spacial score (nSPS) is 11.6. The fraction of sp³-hybridized carbons (Fsp3) is 0.174. The van der Waals surface area contributed by atoms with E-state index in [0.717, 1.165) is 23.4 Å². The SMILES string of the molecule is Cc1ccc(OCC(=O)Nc2ccc3c(c2)Cc2ccccc2-3)c(C)c1. The van der Waals surface area contributed by atoms with Gasteiger partial charge in [0.2, 0.25) is 0 Å². The Hall–Kier alpha value is -3.07. The molecule has 0 saturated heterocycles. The number of carbonyl (C=O) groups is 1. The minimum absolute atomic E-state index is 0.00120. The zero-order valence-electron chi connectivity index (χ0n) is 15.0. The number of ether oxygens (including phenoxy) is 1. The van der Waals surface area contributed by atoms with Crippen LogP contribution in [0.2, 0.25) is 0 Å². The average Bonchev–Trinajstić information content (AvgIpc) is 2.98. The van der Waals surface area contributed by atoms with Crippen molar-refractivity contribution in [2.24, 2.45) is 0 Å². The van der Waals surface area contributed by atoms with Crippen molar-refractivity contribution < 1.29 is 9.53 Å². The Morgan fingerprint density at radius 3 is 2.62 bits per heavy atom. The smallest absolute Gasteiger partial charge is 0.262 e. The van der Waals surface area contributed by atoms with Crippen molar-refractivity contribution in [2.45, 2.75) is 20.3 Å². The van der Waals surface area contributed by atoms with Crippen LogP contribution < -0.4 is 10.1 Å². The molecule has 0 aromatic heterocycles. The maximum absolute atomic E-state index is 12.2. The van der Waals surface area contributed by atoms with Crippen LogP contribution in [0.5, 0.6) is 5.75 Å². The van der Waals surface area contributed by atoms with Crippen LogP contribution in [0.4, 0.5) is 5.69 Å². The standard InChI is InChI=1S/C23H21NO2/c1-15-7-10-22(16(2)11-15)26-14-23(25)24-19-8-9-21-18(13-19)12-17-5-3-4-6-20(17)21/h3-11,13H,12,14H2,1-2H3,(H,24,25). The number of anilines is 1. The van der Waals surface area contributed by atoms with Gasteiger partial charge in [-0.15, -0.1) is 0 Å². The third kappa shape index (κ3) is 3.21. The molecule has 0 radical (unpaired) electrons. The molecule has 3 aromatic rings. The molecule has 0 spiro atoms. The Morgan fingerprint density at radius 1 is 0.962 bits per heavy atom. The first-order chi connectivity index (χ1) is 12.6. The summed E-state index contributed by atoms with van der Waals surface area (Å²) in [5, 5.41) is 2.94. The number of carbonyl (C=O) groups excluding carboxylic acids is 1. The van der Waals surface area contributed by atoms with E-state index >= 15 is 0 Å². The van der Waals surface area contributed by atoms with Gasteiger partial charge in [0.05, 0.1) is 0 Å². The molecule has 130 valence electrons. The second-order valence-corrected chi connectivity index (χ2v) is 6.81. The fourth-order valence-corrected chi connectivity index (χ4v) is 3.52. The molecule has 0 atom stereocenters. The first-order valence-electron chi connectivity index (χ1n) is 8.81. The molecule has 1 amide bonds. The predicted octanol–water partition coefficient (Wildman–Crippen LogP) is 4.89. The second kappa shape index (κ2) is 6.68. The summed E-state index contributed by atoms with van der Waals surface area (Å²) in [5.41, 5.74) is 8.16. The Labute approximate surface area is 153 Å². The monoisotopic (exact) mass is 343 g/mol. The highest BCUT2D eigenvalue weighted by Crippen LogP contribution is 2.37. The van der Waals surface area contributed by atoms with Gasteiger partial charge < -0.3 is 10.1 Å². The van der Waals surface area contributed by atoms with Crippen LogP contribution in [0.3, 0.4) is 0 Å². The van der Waals surface area contributed by atoms with Crippen LogP contribution in [0, 0.1) is 13.8 Å². The molecule has 3 nitrogen and oxygen atoms in total. The molecule has 0 heterocycles. The lowest BCUT2D eigenvalue weighted by Crippen LogP contribution is -2.20. The van der Waals surface area contributed by atoms with E-state index in [9.17, 15) is 4.79 Å². The largest absolute Gasteiger partial charge is 0.483 e. The molecule has 1 aliphatic rings. The molecular weight excluding hydrogens is 322 g/mol. The summed E-state index contributed by atoms with van der Waals surface area (Å²) < 4.78 is 5.66. The lowest BCUT2D eigenvalue weighted by Gasteiger charge is -2.11. The maximum atomic E-state index is 12.2. The summed E-state index contributed by atoms with van der Waals surface area (Å²) in [6.45, 7) is 4.02. The Balaban J connectivity index is 1.42. The van der Waals surface area contributed by atoms with E-state index in [4.69, 9.17) is 4.74 Å². The molecular formula is C23H21NO2. The molecule has 1 N–H and O–H groups in total. The number of amides is 1. The van der Waals surface area contributed by atoms with Crippen LogP contribution in [0.1, 0.15) is 22.3 Å². The van der Waals surface area contributed by atoms with Crippen molar-refractivity contribution in [3.05, 3.63) is 82.9 Å². The summed E-state index contributed by atoms with van der Waals surface area (Å²) in [6, 6.07) is 20.5. The summed E-state index contributed by atoms with van der Waals surface area (Å²) in [4.78, 5) is 12.2. The fourth-order valence-electron chi connectivity index (χ4n) is 3.52. The van der Waals surface area contributed by atoms with Crippen molar-refractivity contribution in [2.75, 3.05) is 11.9 Å². The van der Waals surface area contributed by atoms with E-state index in [1.807, 2.05) is 38.1 Å². The van der Waals surface area contributed by atoms with Gasteiger partial charge in [-0.1, -0.05) is 48.0 Å². The van der Waals surface area contributed by atoms with Gasteiger partial charge in [-0.3, -0.25) is 4.79 Å². The Morgan fingerprint density at radius 2 is 1.77 bits per heavy atom. The third-order valence-electron chi connectivity index (χ3n) is 4.77. The Bertz CT molecular complexity index is 991. The predicted molar refractivity (Wildman–Crippen MR) is 105 cm³/mol. The van der Waals surface area contributed by atoms with Crippen LogP contribution in [0.25, 0.3) is 11.1 Å². The van der Waals surface area contributed by atoms with Gasteiger partial charge in [0.25, 0.3) is 5.91 Å². The number of benzene rings is 3. The highest BCUT2D eigenvalue weighted by Gasteiger charge is 2.18. The van der Waals surface area contributed by atoms with Crippen LogP contribution in [-0.2, 0) is 11.2 Å². The van der Waals surface area contributed by atoms with E-state index < -0.39 is 0 Å². The number of aryl methyl sites for hydroxylation is 2. The third-order valence-corrected chi connectivity index (χ3v) is 4.77. The van der Waals surface area contributed by atoms with Crippen molar-refractivity contribution in [1.29, 1.82) is 0 Å². The van der Waals surface area contributed by atoms with Crippen molar-refractivity contribution in [1.82, 2.24) is 0 Å². The molecule has 0 bridgehead atoms. The van der Waals surface area contributed by atoms with Crippen LogP contribution in [0.15, 0.2) is 60.7 Å². The molecule has 3 heteroatoms. The molecule has 1 aliphatic carbocycles. The van der Waals surface area contributed by atoms with Crippen molar-refractivity contribution in [3.63, 3.8) is 0 Å². The lowest BCUT2D eigenvalue weighted by atomic mass is 10.1. The topological polar surface area (TPSA) is 38.3 Å². The number of nitrogens with one attached hydrogen (secondary N) is 1. The van der Waals surface area contributed by atoms with Gasteiger partial charge in [0.15, 0.2) is 6.61 Å². The van der Waals surface area contributed by atoms with E-state index in [1.165, 1.54) is 27.8 Å². The van der Waals surface area contributed by atoms with Crippen molar-refractivity contribution in [3.8, 4) is 16.9 Å². The number of hydrogen-bond donors (Lipinski definition) is 1. The summed E-state index contributed by atoms with van der Waals surface area (Å²) >= 11 is 0.